The van der Waals surface area contributed by atoms with Crippen LogP contribution in [0.25, 0.3) is 0 Å². The van der Waals surface area contributed by atoms with Crippen molar-refractivity contribution in [1.29, 1.82) is 0 Å². The van der Waals surface area contributed by atoms with Crippen molar-refractivity contribution in [3.05, 3.63) is 33.9 Å². The fraction of sp³-hybridized carbons (Fsp3) is 0.556. The number of likely N-dealkylation sites (tertiary alicyclic amines) is 1. The first-order valence-electron chi connectivity index (χ1n) is 8.95. The van der Waals surface area contributed by atoms with Crippen LogP contribution < -0.4 is 5.32 Å². The number of aliphatic carboxylic acids is 1. The molecule has 9 nitrogen and oxygen atoms in total. The molecule has 0 bridgehead atoms. The molecule has 9 heteroatoms. The van der Waals surface area contributed by atoms with E-state index in [9.17, 15) is 19.7 Å². The minimum absolute atomic E-state index is 0.00114. The van der Waals surface area contributed by atoms with E-state index in [0.29, 0.717) is 24.2 Å². The zero-order chi connectivity index (χ0) is 20.0. The molecule has 0 unspecified atom stereocenters. The van der Waals surface area contributed by atoms with Gasteiger partial charge < -0.3 is 15.3 Å². The zero-order valence-corrected chi connectivity index (χ0v) is 15.7. The van der Waals surface area contributed by atoms with Crippen LogP contribution in [0.4, 0.5) is 11.4 Å². The van der Waals surface area contributed by atoms with Crippen LogP contribution in [-0.2, 0) is 9.59 Å². The predicted molar refractivity (Wildman–Crippen MR) is 101 cm³/mol. The molecule has 27 heavy (non-hydrogen) atoms. The normalized spacial score (nSPS) is 15.7. The van der Waals surface area contributed by atoms with Crippen LogP contribution in [0.1, 0.15) is 24.8 Å². The SMILES string of the molecule is Cc1cc([N+](=O)[O-])ccc1NC(=O)CCN1CCC(N(C)CC(=O)O)CC1. The number of nitrogens with one attached hydrogen (secondary N) is 1. The summed E-state index contributed by atoms with van der Waals surface area (Å²) in [6.07, 6.45) is 2.10. The Balaban J connectivity index is 1.75. The van der Waals surface area contributed by atoms with Gasteiger partial charge in [-0.1, -0.05) is 0 Å². The van der Waals surface area contributed by atoms with Gasteiger partial charge in [-0.2, -0.15) is 0 Å². The first-order valence-corrected chi connectivity index (χ1v) is 8.95. The minimum atomic E-state index is -0.821. The average Bonchev–Trinajstić information content (AvgIpc) is 2.61. The van der Waals surface area contributed by atoms with Crippen molar-refractivity contribution in [1.82, 2.24) is 9.80 Å². The van der Waals surface area contributed by atoms with E-state index in [-0.39, 0.29) is 24.2 Å². The molecular weight excluding hydrogens is 352 g/mol. The maximum Gasteiger partial charge on any atom is 0.317 e. The number of aryl methyl sites for hydroxylation is 1. The number of benzene rings is 1. The van der Waals surface area contributed by atoms with Gasteiger partial charge >= 0.3 is 5.97 Å². The lowest BCUT2D eigenvalue weighted by Crippen LogP contribution is -2.45. The molecule has 0 aromatic heterocycles. The highest BCUT2D eigenvalue weighted by Crippen LogP contribution is 2.21. The van der Waals surface area contributed by atoms with Crippen molar-refractivity contribution in [3.8, 4) is 0 Å². The van der Waals surface area contributed by atoms with Crippen LogP contribution in [0.15, 0.2) is 18.2 Å². The number of hydrogen-bond acceptors (Lipinski definition) is 6. The van der Waals surface area contributed by atoms with E-state index in [1.54, 1.807) is 13.0 Å². The number of carbonyl (C=O) groups excluding carboxylic acids is 1. The van der Waals surface area contributed by atoms with Crippen molar-refractivity contribution in [3.63, 3.8) is 0 Å². The van der Waals surface area contributed by atoms with Crippen LogP contribution in [0.5, 0.6) is 0 Å². The molecule has 0 atom stereocenters. The van der Waals surface area contributed by atoms with Crippen LogP contribution in [0.3, 0.4) is 0 Å². The molecule has 1 aromatic carbocycles. The van der Waals surface area contributed by atoms with Gasteiger partial charge in [0.15, 0.2) is 0 Å². The third-order valence-electron chi connectivity index (χ3n) is 4.92. The van der Waals surface area contributed by atoms with Crippen LogP contribution >= 0.6 is 0 Å². The number of carboxylic acid groups (broad SMARTS) is 1. The monoisotopic (exact) mass is 378 g/mol. The van der Waals surface area contributed by atoms with E-state index in [4.69, 9.17) is 5.11 Å². The van der Waals surface area contributed by atoms with Crippen molar-refractivity contribution in [2.45, 2.75) is 32.2 Å². The molecule has 0 aliphatic carbocycles. The fourth-order valence-corrected chi connectivity index (χ4v) is 3.30. The number of non-ortho nitro benzene ring substituents is 1. The Morgan fingerprint density at radius 3 is 2.59 bits per heavy atom. The number of nitro benzene ring substituents is 1. The van der Waals surface area contributed by atoms with Gasteiger partial charge in [-0.25, -0.2) is 0 Å². The summed E-state index contributed by atoms with van der Waals surface area (Å²) in [5.74, 6) is -0.949. The average molecular weight is 378 g/mol. The summed E-state index contributed by atoms with van der Waals surface area (Å²) in [5.41, 5.74) is 1.24. The van der Waals surface area contributed by atoms with E-state index in [0.717, 1.165) is 25.9 Å². The summed E-state index contributed by atoms with van der Waals surface area (Å²) in [6, 6.07) is 4.62. The summed E-state index contributed by atoms with van der Waals surface area (Å²) in [5, 5.41) is 22.4. The van der Waals surface area contributed by atoms with E-state index in [1.165, 1.54) is 12.1 Å². The molecule has 0 radical (unpaired) electrons. The molecule has 1 aliphatic heterocycles. The highest BCUT2D eigenvalue weighted by atomic mass is 16.6. The molecule has 1 aliphatic rings. The standard InChI is InChI=1S/C18H26N4O5/c1-13-11-15(22(26)27)3-4-16(13)19-17(23)7-10-21-8-5-14(6-9-21)20(2)12-18(24)25/h3-4,11,14H,5-10,12H2,1-2H3,(H,19,23)(H,24,25). The zero-order valence-electron chi connectivity index (χ0n) is 15.7. The summed E-state index contributed by atoms with van der Waals surface area (Å²) >= 11 is 0. The number of likely N-dealkylation sites (N-methyl/N-ethyl adjacent to an activating group) is 1. The lowest BCUT2D eigenvalue weighted by molar-refractivity contribution is -0.384. The van der Waals surface area contributed by atoms with Gasteiger partial charge in [0.25, 0.3) is 5.69 Å². The lowest BCUT2D eigenvalue weighted by Gasteiger charge is -2.36. The Morgan fingerprint density at radius 1 is 1.37 bits per heavy atom. The molecule has 0 spiro atoms. The van der Waals surface area contributed by atoms with Crippen molar-refractivity contribution in [2.75, 3.05) is 38.5 Å². The van der Waals surface area contributed by atoms with Crippen molar-refractivity contribution < 1.29 is 19.6 Å². The number of hydrogen-bond donors (Lipinski definition) is 2. The number of carbonyl (C=O) groups is 2. The second kappa shape index (κ2) is 9.43. The Morgan fingerprint density at radius 2 is 2.04 bits per heavy atom. The van der Waals surface area contributed by atoms with Crippen molar-refractivity contribution in [2.24, 2.45) is 0 Å². The van der Waals surface area contributed by atoms with E-state index >= 15 is 0 Å². The number of nitro groups is 1. The smallest absolute Gasteiger partial charge is 0.317 e. The van der Waals surface area contributed by atoms with E-state index in [1.807, 2.05) is 11.9 Å². The Labute approximate surface area is 158 Å². The number of amides is 1. The largest absolute Gasteiger partial charge is 0.480 e. The number of nitrogens with zero attached hydrogens (tertiary/aromatic N) is 3. The topological polar surface area (TPSA) is 116 Å². The minimum Gasteiger partial charge on any atom is -0.480 e. The highest BCUT2D eigenvalue weighted by molar-refractivity contribution is 5.91. The first-order chi connectivity index (χ1) is 12.8. The van der Waals surface area contributed by atoms with Gasteiger partial charge in [-0.3, -0.25) is 24.6 Å². The van der Waals surface area contributed by atoms with Gasteiger partial charge in [-0.05, 0) is 51.5 Å². The molecule has 0 saturated carbocycles. The van der Waals surface area contributed by atoms with Gasteiger partial charge in [0.05, 0.1) is 11.5 Å². The molecule has 1 heterocycles. The Bertz CT molecular complexity index is 701. The lowest BCUT2D eigenvalue weighted by atomic mass is 10.0. The van der Waals surface area contributed by atoms with E-state index < -0.39 is 10.9 Å². The molecular formula is C18H26N4O5. The fourth-order valence-electron chi connectivity index (χ4n) is 3.30. The van der Waals surface area contributed by atoms with Crippen molar-refractivity contribution >= 4 is 23.3 Å². The highest BCUT2D eigenvalue weighted by Gasteiger charge is 2.23. The third kappa shape index (κ3) is 6.30. The van der Waals surface area contributed by atoms with Gasteiger partial charge in [0.2, 0.25) is 5.91 Å². The molecule has 2 N–H and O–H groups in total. The second-order valence-electron chi connectivity index (χ2n) is 6.94. The van der Waals surface area contributed by atoms with Crippen LogP contribution in [0, 0.1) is 17.0 Å². The van der Waals surface area contributed by atoms with E-state index in [2.05, 4.69) is 10.2 Å². The Hall–Kier alpha value is -2.52. The third-order valence-corrected chi connectivity index (χ3v) is 4.92. The first kappa shape index (κ1) is 20.8. The summed E-state index contributed by atoms with van der Waals surface area (Å²) < 4.78 is 0. The number of piperidine rings is 1. The summed E-state index contributed by atoms with van der Waals surface area (Å²) in [6.45, 7) is 4.06. The molecule has 2 rings (SSSR count). The molecule has 1 aromatic rings. The summed E-state index contributed by atoms with van der Waals surface area (Å²) in [7, 11) is 1.83. The molecule has 1 fully saturated rings. The molecule has 1 saturated heterocycles. The van der Waals surface area contributed by atoms with Crippen LogP contribution in [-0.4, -0.2) is 71.0 Å². The quantitative estimate of drug-likeness (QED) is 0.522. The number of carboxylic acids is 1. The maximum absolute atomic E-state index is 12.2. The second-order valence-corrected chi connectivity index (χ2v) is 6.94. The Kier molecular flexibility index (Phi) is 7.26. The number of anilines is 1. The van der Waals surface area contributed by atoms with Gasteiger partial charge in [0.1, 0.15) is 0 Å². The van der Waals surface area contributed by atoms with Gasteiger partial charge in [-0.15, -0.1) is 0 Å². The molecule has 148 valence electrons. The van der Waals surface area contributed by atoms with Gasteiger partial charge in [0, 0.05) is 36.8 Å². The predicted octanol–water partition coefficient (Wildman–Crippen LogP) is 1.71. The maximum atomic E-state index is 12.2. The summed E-state index contributed by atoms with van der Waals surface area (Å²) in [4.78, 5) is 37.3. The van der Waals surface area contributed by atoms with Crippen LogP contribution in [0.2, 0.25) is 0 Å². The number of rotatable bonds is 8. The molecule has 1 amide bonds.